The lowest BCUT2D eigenvalue weighted by molar-refractivity contribution is -0.157. The van der Waals surface area contributed by atoms with Gasteiger partial charge in [-0.2, -0.15) is 0 Å². The Hall–Kier alpha value is -2.16. The molecule has 0 bridgehead atoms. The van der Waals surface area contributed by atoms with Crippen LogP contribution in [-0.4, -0.2) is 18.2 Å². The fourth-order valence-electron chi connectivity index (χ4n) is 5.35. The molecule has 2 nitrogen and oxygen atoms in total. The maximum atomic E-state index is 13.9. The first-order chi connectivity index (χ1) is 17.6. The van der Waals surface area contributed by atoms with E-state index in [4.69, 9.17) is 4.74 Å². The highest BCUT2D eigenvalue weighted by molar-refractivity contribution is 5.74. The number of benzene rings is 2. The summed E-state index contributed by atoms with van der Waals surface area (Å²) in [6.07, 6.45) is 14.5. The monoisotopic (exact) mass is 494 g/mol. The number of carbonyl (C=O) groups excluding carboxylic acids is 1. The van der Waals surface area contributed by atoms with E-state index in [1.165, 1.54) is 73.6 Å². The van der Waals surface area contributed by atoms with Crippen LogP contribution in [-0.2, 0) is 16.0 Å². The molecule has 1 atom stereocenters. The number of rotatable bonds is 15. The van der Waals surface area contributed by atoms with Gasteiger partial charge in [0.1, 0.15) is 6.10 Å². The van der Waals surface area contributed by atoms with Crippen LogP contribution in [0, 0.1) is 0 Å². The van der Waals surface area contributed by atoms with E-state index in [9.17, 15) is 9.18 Å². The minimum absolute atomic E-state index is 0.132. The van der Waals surface area contributed by atoms with Crippen molar-refractivity contribution in [3.05, 3.63) is 59.7 Å². The van der Waals surface area contributed by atoms with Crippen LogP contribution in [0.15, 0.2) is 48.5 Å². The Morgan fingerprint density at radius 1 is 0.778 bits per heavy atom. The summed E-state index contributed by atoms with van der Waals surface area (Å²) in [4.78, 5) is 12.0. The van der Waals surface area contributed by atoms with E-state index in [1.54, 1.807) is 0 Å². The van der Waals surface area contributed by atoms with E-state index in [1.807, 2.05) is 6.92 Å². The number of unbranched alkanes of at least 4 members (excludes halogenated alkanes) is 7. The highest BCUT2D eigenvalue weighted by Crippen LogP contribution is 2.35. The molecule has 0 N–H and O–H groups in total. The van der Waals surface area contributed by atoms with E-state index in [2.05, 4.69) is 55.5 Å². The van der Waals surface area contributed by atoms with Crippen molar-refractivity contribution in [1.29, 1.82) is 0 Å². The molecule has 36 heavy (non-hydrogen) atoms. The molecule has 1 aliphatic carbocycles. The van der Waals surface area contributed by atoms with Crippen molar-refractivity contribution in [2.45, 2.75) is 128 Å². The molecule has 0 radical (unpaired) electrons. The lowest BCUT2D eigenvalue weighted by Crippen LogP contribution is -2.28. The van der Waals surface area contributed by atoms with Gasteiger partial charge in [0.15, 0.2) is 6.17 Å². The summed E-state index contributed by atoms with van der Waals surface area (Å²) in [5.74, 6) is -0.177. The highest BCUT2D eigenvalue weighted by Gasteiger charge is 2.27. The zero-order chi connectivity index (χ0) is 25.6. The first kappa shape index (κ1) is 28.4. The van der Waals surface area contributed by atoms with Gasteiger partial charge < -0.3 is 4.74 Å². The van der Waals surface area contributed by atoms with Gasteiger partial charge in [-0.05, 0) is 73.1 Å². The van der Waals surface area contributed by atoms with E-state index >= 15 is 0 Å². The predicted molar refractivity (Wildman–Crippen MR) is 149 cm³/mol. The van der Waals surface area contributed by atoms with Crippen LogP contribution in [0.2, 0.25) is 0 Å². The molecule has 0 heterocycles. The van der Waals surface area contributed by atoms with E-state index in [0.717, 1.165) is 38.5 Å². The van der Waals surface area contributed by atoms with Gasteiger partial charge in [-0.15, -0.1) is 0 Å². The number of carbonyl (C=O) groups is 1. The second-order valence-corrected chi connectivity index (χ2v) is 10.7. The Morgan fingerprint density at radius 2 is 1.33 bits per heavy atom. The quantitative estimate of drug-likeness (QED) is 0.182. The van der Waals surface area contributed by atoms with Crippen molar-refractivity contribution >= 4 is 5.97 Å². The first-order valence-electron chi connectivity index (χ1n) is 14.6. The Kier molecular flexibility index (Phi) is 12.5. The molecule has 2 aromatic rings. The van der Waals surface area contributed by atoms with Crippen LogP contribution in [0.4, 0.5) is 4.39 Å². The topological polar surface area (TPSA) is 26.3 Å². The van der Waals surface area contributed by atoms with Crippen LogP contribution in [0.25, 0.3) is 11.1 Å². The van der Waals surface area contributed by atoms with E-state index in [-0.39, 0.29) is 12.5 Å². The van der Waals surface area contributed by atoms with Crippen molar-refractivity contribution in [2.24, 2.45) is 0 Å². The largest absolute Gasteiger partial charge is 0.460 e. The zero-order valence-corrected chi connectivity index (χ0v) is 22.7. The zero-order valence-electron chi connectivity index (χ0n) is 22.7. The molecule has 1 aliphatic rings. The fraction of sp³-hybridized carbons (Fsp3) is 0.606. The molecule has 0 aromatic heterocycles. The van der Waals surface area contributed by atoms with E-state index in [0.29, 0.717) is 5.92 Å². The third-order valence-corrected chi connectivity index (χ3v) is 7.76. The van der Waals surface area contributed by atoms with Gasteiger partial charge in [-0.25, -0.2) is 9.18 Å². The number of alkyl halides is 1. The van der Waals surface area contributed by atoms with Gasteiger partial charge in [0.05, 0.1) is 0 Å². The van der Waals surface area contributed by atoms with E-state index < -0.39 is 12.1 Å². The molecule has 0 aliphatic heterocycles. The maximum absolute atomic E-state index is 13.9. The maximum Gasteiger partial charge on any atom is 0.340 e. The van der Waals surface area contributed by atoms with Crippen LogP contribution in [0.1, 0.15) is 121 Å². The molecule has 198 valence electrons. The lowest BCUT2D eigenvalue weighted by atomic mass is 9.82. The molecular weight excluding hydrogens is 447 g/mol. The smallest absolute Gasteiger partial charge is 0.340 e. The summed E-state index contributed by atoms with van der Waals surface area (Å²) >= 11 is 0. The van der Waals surface area contributed by atoms with Crippen molar-refractivity contribution < 1.29 is 13.9 Å². The average molecular weight is 495 g/mol. The molecule has 1 saturated carbocycles. The summed E-state index contributed by atoms with van der Waals surface area (Å²) in [5, 5.41) is 0. The number of ether oxygens (including phenoxy) is 1. The summed E-state index contributed by atoms with van der Waals surface area (Å²) in [6.45, 7) is 4.27. The van der Waals surface area contributed by atoms with Crippen LogP contribution in [0.5, 0.6) is 0 Å². The molecule has 0 amide bonds. The van der Waals surface area contributed by atoms with Crippen LogP contribution < -0.4 is 0 Å². The van der Waals surface area contributed by atoms with Crippen molar-refractivity contribution in [2.75, 3.05) is 0 Å². The molecule has 3 heteroatoms. The number of hydrogen-bond donors (Lipinski definition) is 0. The summed E-state index contributed by atoms with van der Waals surface area (Å²) in [7, 11) is 0. The average Bonchev–Trinajstić information content (AvgIpc) is 2.92. The van der Waals surface area contributed by atoms with Crippen molar-refractivity contribution in [3.63, 3.8) is 0 Å². The summed E-state index contributed by atoms with van der Waals surface area (Å²) in [6, 6.07) is 18.0. The third-order valence-electron chi connectivity index (χ3n) is 7.76. The molecular formula is C33H47FO2. The first-order valence-corrected chi connectivity index (χ1v) is 14.6. The predicted octanol–water partition coefficient (Wildman–Crippen LogP) is 9.74. The number of aryl methyl sites for hydroxylation is 1. The number of hydrogen-bond acceptors (Lipinski definition) is 2. The van der Waals surface area contributed by atoms with Gasteiger partial charge in [-0.1, -0.05) is 114 Å². The van der Waals surface area contributed by atoms with Gasteiger partial charge in [0, 0.05) is 0 Å². The van der Waals surface area contributed by atoms with Crippen LogP contribution >= 0.6 is 0 Å². The fourth-order valence-corrected chi connectivity index (χ4v) is 5.35. The van der Waals surface area contributed by atoms with Crippen molar-refractivity contribution in [3.8, 4) is 11.1 Å². The van der Waals surface area contributed by atoms with Gasteiger partial charge in [0.2, 0.25) is 0 Å². The molecule has 0 saturated heterocycles. The Labute approximate surface area is 219 Å². The Morgan fingerprint density at radius 3 is 1.94 bits per heavy atom. The lowest BCUT2D eigenvalue weighted by Gasteiger charge is -2.29. The van der Waals surface area contributed by atoms with Gasteiger partial charge in [-0.3, -0.25) is 0 Å². The minimum atomic E-state index is -1.47. The normalized spacial score (nSPS) is 18.6. The molecule has 0 spiro atoms. The molecule has 2 aromatic carbocycles. The summed E-state index contributed by atoms with van der Waals surface area (Å²) in [5.41, 5.74) is 5.31. The number of esters is 1. The third kappa shape index (κ3) is 9.37. The number of halogens is 1. The molecule has 3 rings (SSSR count). The molecule has 0 unspecified atom stereocenters. The minimum Gasteiger partial charge on any atom is -0.460 e. The standard InChI is InChI=1S/C33H47FO2/c1-3-5-7-8-9-10-11-12-26-14-16-27(17-15-26)28-18-20-29(21-19-28)30-22-24-31(25-23-30)36-33(35)32(34)13-6-4-2/h14-21,30-32H,3-13,22-25H2,1-2H3/t30?,31?,32-/m0/s1. The van der Waals surface area contributed by atoms with Gasteiger partial charge in [0.25, 0.3) is 0 Å². The van der Waals surface area contributed by atoms with Crippen LogP contribution in [0.3, 0.4) is 0 Å². The van der Waals surface area contributed by atoms with Crippen molar-refractivity contribution in [1.82, 2.24) is 0 Å². The Bertz CT molecular complexity index is 866. The SMILES string of the molecule is CCCCCCCCCc1ccc(-c2ccc(C3CCC(OC(=O)[C@@H](F)CCCC)CC3)cc2)cc1. The Balaban J connectivity index is 1.40. The highest BCUT2D eigenvalue weighted by atomic mass is 19.1. The van der Waals surface area contributed by atoms with Gasteiger partial charge >= 0.3 is 5.97 Å². The summed E-state index contributed by atoms with van der Waals surface area (Å²) < 4.78 is 19.4. The molecule has 1 fully saturated rings. The second-order valence-electron chi connectivity index (χ2n) is 10.7. The second kappa shape index (κ2) is 15.8.